The van der Waals surface area contributed by atoms with E-state index in [4.69, 9.17) is 0 Å². The summed E-state index contributed by atoms with van der Waals surface area (Å²) in [6.07, 6.45) is 7.35. The van der Waals surface area contributed by atoms with Gasteiger partial charge in [0.05, 0.1) is 0 Å². The summed E-state index contributed by atoms with van der Waals surface area (Å²) in [4.78, 5) is 0. The summed E-state index contributed by atoms with van der Waals surface area (Å²) in [6, 6.07) is 0. The number of nitrogens with one attached hydrogen (secondary N) is 4. The van der Waals surface area contributed by atoms with Gasteiger partial charge < -0.3 is 21.3 Å². The van der Waals surface area contributed by atoms with Crippen molar-refractivity contribution in [3.8, 4) is 0 Å². The number of rotatable bonds is 0. The molecule has 0 aromatic rings. The molecule has 0 fully saturated rings. The van der Waals surface area contributed by atoms with Crippen LogP contribution in [0.5, 0.6) is 0 Å². The van der Waals surface area contributed by atoms with Crippen molar-refractivity contribution in [2.75, 3.05) is 0 Å². The van der Waals surface area contributed by atoms with Gasteiger partial charge >= 0.3 is 0 Å². The van der Waals surface area contributed by atoms with Crippen LogP contribution in [-0.4, -0.2) is 0 Å². The first kappa shape index (κ1) is 5.22. The van der Waals surface area contributed by atoms with Crippen LogP contribution in [0, 0.1) is 0 Å². The third-order valence-electron chi connectivity index (χ3n) is 1.33. The molecule has 0 saturated carbocycles. The van der Waals surface area contributed by atoms with Crippen molar-refractivity contribution in [2.24, 2.45) is 0 Å². The summed E-state index contributed by atoms with van der Waals surface area (Å²) in [5.41, 5.74) is 0. The first-order valence-corrected chi connectivity index (χ1v) is 3.07. The average molecular weight is 136 g/mol. The normalized spacial score (nSPS) is 20.0. The van der Waals surface area contributed by atoms with Gasteiger partial charge in [-0.1, -0.05) is 0 Å². The molecule has 0 bridgehead atoms. The predicted octanol–water partition coefficient (Wildman–Crippen LogP) is -0.559. The molecule has 2 rings (SSSR count). The zero-order chi connectivity index (χ0) is 6.81. The van der Waals surface area contributed by atoms with Gasteiger partial charge in [0.15, 0.2) is 0 Å². The van der Waals surface area contributed by atoms with E-state index in [-0.39, 0.29) is 0 Å². The van der Waals surface area contributed by atoms with Gasteiger partial charge in [0, 0.05) is 24.8 Å². The van der Waals surface area contributed by atoms with Crippen molar-refractivity contribution < 1.29 is 0 Å². The van der Waals surface area contributed by atoms with Gasteiger partial charge in [-0.15, -0.1) is 0 Å². The lowest BCUT2D eigenvalue weighted by Gasteiger charge is -2.05. The minimum Gasteiger partial charge on any atom is -0.344 e. The standard InChI is InChI=1S/C6H8N4/c1-2-8-5(7-1)6-9-3-4-10-6/h1-4,7-10H. The molecular weight excluding hydrogens is 128 g/mol. The second-order valence-corrected chi connectivity index (χ2v) is 1.99. The second-order valence-electron chi connectivity index (χ2n) is 1.99. The third kappa shape index (κ3) is 0.699. The molecule has 4 heteroatoms. The summed E-state index contributed by atoms with van der Waals surface area (Å²) in [5.74, 6) is 1.90. The molecule has 0 spiro atoms. The maximum Gasteiger partial charge on any atom is 0.149 e. The molecule has 52 valence electrons. The molecule has 0 aliphatic carbocycles. The molecule has 0 aromatic carbocycles. The Labute approximate surface area is 58.7 Å². The average Bonchev–Trinajstić information content (AvgIpc) is 2.59. The van der Waals surface area contributed by atoms with E-state index in [1.807, 2.05) is 24.8 Å². The van der Waals surface area contributed by atoms with E-state index in [1.54, 1.807) is 0 Å². The lowest BCUT2D eigenvalue weighted by molar-refractivity contribution is 0.853. The number of hydrogen-bond donors (Lipinski definition) is 4. The first-order valence-electron chi connectivity index (χ1n) is 3.07. The van der Waals surface area contributed by atoms with Gasteiger partial charge in [-0.3, -0.25) is 0 Å². The van der Waals surface area contributed by atoms with E-state index in [0.29, 0.717) is 0 Å². The minimum atomic E-state index is 0.949. The monoisotopic (exact) mass is 136 g/mol. The van der Waals surface area contributed by atoms with Crippen LogP contribution in [-0.2, 0) is 0 Å². The Balaban J connectivity index is 2.14. The van der Waals surface area contributed by atoms with Crippen LogP contribution in [0.2, 0.25) is 0 Å². The van der Waals surface area contributed by atoms with Gasteiger partial charge in [-0.25, -0.2) is 0 Å². The summed E-state index contributed by atoms with van der Waals surface area (Å²) in [7, 11) is 0. The molecule has 10 heavy (non-hydrogen) atoms. The molecule has 4 nitrogen and oxygen atoms in total. The van der Waals surface area contributed by atoms with Crippen LogP contribution in [0.3, 0.4) is 0 Å². The van der Waals surface area contributed by atoms with Gasteiger partial charge in [-0.2, -0.15) is 0 Å². The zero-order valence-electron chi connectivity index (χ0n) is 5.31. The Bertz CT molecular complexity index is 182. The van der Waals surface area contributed by atoms with E-state index in [9.17, 15) is 0 Å². The van der Waals surface area contributed by atoms with Crippen LogP contribution >= 0.6 is 0 Å². The van der Waals surface area contributed by atoms with E-state index in [0.717, 1.165) is 11.6 Å². The van der Waals surface area contributed by atoms with Gasteiger partial charge in [-0.05, 0) is 0 Å². The predicted molar refractivity (Wildman–Crippen MR) is 37.8 cm³/mol. The van der Waals surface area contributed by atoms with Crippen LogP contribution in [0.25, 0.3) is 0 Å². The highest BCUT2D eigenvalue weighted by Gasteiger charge is 2.07. The highest BCUT2D eigenvalue weighted by Crippen LogP contribution is 1.98. The second kappa shape index (κ2) is 1.98. The molecule has 0 amide bonds. The molecule has 0 aromatic heterocycles. The summed E-state index contributed by atoms with van der Waals surface area (Å²) in [5, 5.41) is 12.1. The fraction of sp³-hybridized carbons (Fsp3) is 0. The van der Waals surface area contributed by atoms with Crippen LogP contribution in [0.1, 0.15) is 0 Å². The Morgan fingerprint density at radius 1 is 0.600 bits per heavy atom. The largest absolute Gasteiger partial charge is 0.344 e. The highest BCUT2D eigenvalue weighted by molar-refractivity contribution is 5.21. The topological polar surface area (TPSA) is 48.1 Å². The van der Waals surface area contributed by atoms with Gasteiger partial charge in [0.2, 0.25) is 0 Å². The van der Waals surface area contributed by atoms with Crippen molar-refractivity contribution in [3.05, 3.63) is 36.4 Å². The quantitative estimate of drug-likeness (QED) is 0.360. The summed E-state index contributed by atoms with van der Waals surface area (Å²) >= 11 is 0. The molecule has 4 N–H and O–H groups in total. The lowest BCUT2D eigenvalue weighted by Crippen LogP contribution is -2.23. The molecule has 0 unspecified atom stereocenters. The van der Waals surface area contributed by atoms with Crippen molar-refractivity contribution in [2.45, 2.75) is 0 Å². The third-order valence-corrected chi connectivity index (χ3v) is 1.33. The maximum absolute atomic E-state index is 3.02. The van der Waals surface area contributed by atoms with E-state index in [2.05, 4.69) is 21.3 Å². The lowest BCUT2D eigenvalue weighted by atomic mass is 10.6. The Morgan fingerprint density at radius 2 is 0.900 bits per heavy atom. The Hall–Kier alpha value is -1.58. The molecule has 0 radical (unpaired) electrons. The summed E-state index contributed by atoms with van der Waals surface area (Å²) in [6.45, 7) is 0. The van der Waals surface area contributed by atoms with Gasteiger partial charge in [0.25, 0.3) is 0 Å². The maximum atomic E-state index is 3.02. The molecule has 0 atom stereocenters. The van der Waals surface area contributed by atoms with Crippen LogP contribution in [0.4, 0.5) is 0 Å². The Kier molecular flexibility index (Phi) is 1.04. The number of hydrogen-bond acceptors (Lipinski definition) is 4. The van der Waals surface area contributed by atoms with Crippen molar-refractivity contribution in [1.29, 1.82) is 0 Å². The smallest absolute Gasteiger partial charge is 0.149 e. The molecular formula is C6H8N4. The SMILES string of the molecule is C1=CNC(=C2NC=CN2)N1. The van der Waals surface area contributed by atoms with Crippen molar-refractivity contribution >= 4 is 0 Å². The summed E-state index contributed by atoms with van der Waals surface area (Å²) < 4.78 is 0. The molecule has 2 heterocycles. The Morgan fingerprint density at radius 3 is 1.20 bits per heavy atom. The van der Waals surface area contributed by atoms with E-state index < -0.39 is 0 Å². The van der Waals surface area contributed by atoms with Gasteiger partial charge in [0.1, 0.15) is 11.6 Å². The van der Waals surface area contributed by atoms with E-state index >= 15 is 0 Å². The minimum absolute atomic E-state index is 0.949. The fourth-order valence-corrected chi connectivity index (χ4v) is 0.872. The first-order chi connectivity index (χ1) is 4.97. The zero-order valence-corrected chi connectivity index (χ0v) is 5.31. The molecule has 0 saturated heterocycles. The fourth-order valence-electron chi connectivity index (χ4n) is 0.872. The highest BCUT2D eigenvalue weighted by atomic mass is 15.2. The van der Waals surface area contributed by atoms with Crippen molar-refractivity contribution in [1.82, 2.24) is 21.3 Å². The molecule has 2 aliphatic heterocycles. The molecule has 2 aliphatic rings. The van der Waals surface area contributed by atoms with E-state index in [1.165, 1.54) is 0 Å². The van der Waals surface area contributed by atoms with Crippen LogP contribution < -0.4 is 21.3 Å². The van der Waals surface area contributed by atoms with Crippen molar-refractivity contribution in [3.63, 3.8) is 0 Å². The van der Waals surface area contributed by atoms with Crippen LogP contribution in [0.15, 0.2) is 36.4 Å².